The lowest BCUT2D eigenvalue weighted by atomic mass is 9.98. The number of nitrogens with zero attached hydrogens (tertiary/aromatic N) is 2. The first-order valence-corrected chi connectivity index (χ1v) is 7.95. The third kappa shape index (κ3) is 3.05. The maximum atomic E-state index is 13.5. The van der Waals surface area contributed by atoms with Crippen LogP contribution in [0, 0.1) is 5.82 Å². The number of β-amino-alcohol motifs (C(OH)–C–C–N with tert-alkyl or cyclic N) is 1. The molecule has 0 bridgehead atoms. The minimum Gasteiger partial charge on any atom is -0.391 e. The van der Waals surface area contributed by atoms with Gasteiger partial charge >= 0.3 is 0 Å². The first-order valence-electron chi connectivity index (χ1n) is 7.57. The van der Waals surface area contributed by atoms with Crippen LogP contribution < -0.4 is 0 Å². The molecule has 0 radical (unpaired) electrons. The quantitative estimate of drug-likeness (QED) is 0.839. The van der Waals surface area contributed by atoms with E-state index in [4.69, 9.17) is 11.6 Å². The van der Waals surface area contributed by atoms with Crippen molar-refractivity contribution in [1.29, 1.82) is 0 Å². The highest BCUT2D eigenvalue weighted by Crippen LogP contribution is 2.29. The largest absolute Gasteiger partial charge is 0.391 e. The maximum Gasteiger partial charge on any atom is 0.245 e. The average molecular weight is 341 g/mol. The number of hydrogen-bond donors (Lipinski definition) is 1. The van der Waals surface area contributed by atoms with Gasteiger partial charge in [-0.3, -0.25) is 9.59 Å². The van der Waals surface area contributed by atoms with Crippen molar-refractivity contribution in [3.05, 3.63) is 34.1 Å². The number of halogens is 2. The summed E-state index contributed by atoms with van der Waals surface area (Å²) < 4.78 is 13.5. The first-order chi connectivity index (χ1) is 10.9. The highest BCUT2D eigenvalue weighted by molar-refractivity contribution is 6.31. The fraction of sp³-hybridized carbons (Fsp3) is 0.500. The van der Waals surface area contributed by atoms with E-state index in [1.54, 1.807) is 4.90 Å². The summed E-state index contributed by atoms with van der Waals surface area (Å²) in [4.78, 5) is 27.4. The Morgan fingerprint density at radius 3 is 2.83 bits per heavy atom. The molecule has 124 valence electrons. The van der Waals surface area contributed by atoms with E-state index in [0.717, 1.165) is 5.56 Å². The number of rotatable bonds is 1. The smallest absolute Gasteiger partial charge is 0.245 e. The van der Waals surface area contributed by atoms with Gasteiger partial charge in [-0.15, -0.1) is 0 Å². The van der Waals surface area contributed by atoms with Crippen LogP contribution in [0.25, 0.3) is 0 Å². The summed E-state index contributed by atoms with van der Waals surface area (Å²) in [6, 6.07) is 2.03. The molecule has 1 aromatic rings. The normalized spacial score (nSPS) is 23.8. The number of fused-ring (bicyclic) bond motifs is 1. The van der Waals surface area contributed by atoms with E-state index < -0.39 is 18.0 Å². The van der Waals surface area contributed by atoms with Crippen molar-refractivity contribution in [1.82, 2.24) is 9.80 Å². The lowest BCUT2D eigenvalue weighted by molar-refractivity contribution is -0.143. The minimum atomic E-state index is -0.684. The predicted octanol–water partition coefficient (Wildman–Crippen LogP) is 1.35. The standard InChI is InChI=1S/C16H18ClFN2O3/c1-9(21)20-8-12(22)6-15(20)16(23)19-3-2-13-10(7-19)4-11(18)5-14(13)17/h4-5,12,15,22H,2-3,6-8H2,1H3/t12-,15+/m0/s1. The number of benzene rings is 1. The molecule has 2 aliphatic rings. The van der Waals surface area contributed by atoms with Gasteiger partial charge in [0, 0.05) is 38.0 Å². The summed E-state index contributed by atoms with van der Waals surface area (Å²) in [5.74, 6) is -0.862. The van der Waals surface area contributed by atoms with Crippen LogP contribution in [0.4, 0.5) is 4.39 Å². The molecule has 0 saturated carbocycles. The van der Waals surface area contributed by atoms with Crippen molar-refractivity contribution in [3.8, 4) is 0 Å². The summed E-state index contributed by atoms with van der Waals surface area (Å²) in [5.41, 5.74) is 1.56. The van der Waals surface area contributed by atoms with Gasteiger partial charge in [-0.1, -0.05) is 11.6 Å². The van der Waals surface area contributed by atoms with E-state index >= 15 is 0 Å². The van der Waals surface area contributed by atoms with Crippen molar-refractivity contribution in [2.75, 3.05) is 13.1 Å². The molecule has 2 amide bonds. The van der Waals surface area contributed by atoms with Gasteiger partial charge in [0.2, 0.25) is 11.8 Å². The third-order valence-electron chi connectivity index (χ3n) is 4.53. The van der Waals surface area contributed by atoms with Crippen molar-refractivity contribution >= 4 is 23.4 Å². The summed E-state index contributed by atoms with van der Waals surface area (Å²) in [6.45, 7) is 2.30. The molecule has 1 saturated heterocycles. The molecule has 2 atom stereocenters. The monoisotopic (exact) mass is 340 g/mol. The maximum absolute atomic E-state index is 13.5. The Morgan fingerprint density at radius 2 is 2.13 bits per heavy atom. The molecular formula is C16H18ClFN2O3. The second kappa shape index (κ2) is 6.09. The first kappa shape index (κ1) is 16.2. The van der Waals surface area contributed by atoms with Gasteiger partial charge in [-0.25, -0.2) is 4.39 Å². The van der Waals surface area contributed by atoms with E-state index in [1.165, 1.54) is 24.0 Å². The molecule has 0 spiro atoms. The van der Waals surface area contributed by atoms with Crippen molar-refractivity contribution < 1.29 is 19.1 Å². The fourth-order valence-corrected chi connectivity index (χ4v) is 3.72. The van der Waals surface area contributed by atoms with Crippen LogP contribution in [-0.4, -0.2) is 52.0 Å². The molecular weight excluding hydrogens is 323 g/mol. The third-order valence-corrected chi connectivity index (χ3v) is 4.86. The molecule has 0 unspecified atom stereocenters. The molecule has 2 aliphatic heterocycles. The molecule has 1 fully saturated rings. The zero-order valence-electron chi connectivity index (χ0n) is 12.8. The van der Waals surface area contributed by atoms with Crippen molar-refractivity contribution in [2.24, 2.45) is 0 Å². The van der Waals surface area contributed by atoms with E-state index in [-0.39, 0.29) is 31.3 Å². The van der Waals surface area contributed by atoms with Gasteiger partial charge < -0.3 is 14.9 Å². The lowest BCUT2D eigenvalue weighted by Gasteiger charge is -2.33. The highest BCUT2D eigenvalue weighted by Gasteiger charge is 2.40. The Labute approximate surface area is 138 Å². The molecule has 0 aromatic heterocycles. The molecule has 1 aromatic carbocycles. The molecule has 5 nitrogen and oxygen atoms in total. The van der Waals surface area contributed by atoms with Gasteiger partial charge in [0.15, 0.2) is 0 Å². The number of hydrogen-bond acceptors (Lipinski definition) is 3. The molecule has 23 heavy (non-hydrogen) atoms. The van der Waals surface area contributed by atoms with Gasteiger partial charge in [0.05, 0.1) is 6.10 Å². The fourth-order valence-electron chi connectivity index (χ4n) is 3.40. The van der Waals surface area contributed by atoms with Gasteiger partial charge in [-0.05, 0) is 29.7 Å². The van der Waals surface area contributed by atoms with E-state index in [2.05, 4.69) is 0 Å². The van der Waals surface area contributed by atoms with E-state index in [9.17, 15) is 19.1 Å². The Balaban J connectivity index is 1.80. The number of aliphatic hydroxyl groups is 1. The Hall–Kier alpha value is -1.66. The summed E-state index contributed by atoms with van der Waals surface area (Å²) in [7, 11) is 0. The number of amides is 2. The Bertz CT molecular complexity index is 667. The van der Waals surface area contributed by atoms with Gasteiger partial charge in [0.25, 0.3) is 0 Å². The Kier molecular flexibility index (Phi) is 4.29. The average Bonchev–Trinajstić information content (AvgIpc) is 2.88. The molecule has 1 N–H and O–H groups in total. The predicted molar refractivity (Wildman–Crippen MR) is 82.3 cm³/mol. The number of aliphatic hydroxyl groups excluding tert-OH is 1. The second-order valence-corrected chi connectivity index (χ2v) is 6.52. The van der Waals surface area contributed by atoms with Crippen molar-refractivity contribution in [2.45, 2.75) is 38.5 Å². The number of carbonyl (C=O) groups excluding carboxylic acids is 2. The van der Waals surface area contributed by atoms with Gasteiger partial charge in [0.1, 0.15) is 11.9 Å². The van der Waals surface area contributed by atoms with Crippen LogP contribution in [0.5, 0.6) is 0 Å². The van der Waals surface area contributed by atoms with Crippen LogP contribution in [0.3, 0.4) is 0 Å². The highest BCUT2D eigenvalue weighted by atomic mass is 35.5. The molecule has 3 rings (SSSR count). The van der Waals surface area contributed by atoms with Crippen LogP contribution in [0.15, 0.2) is 12.1 Å². The minimum absolute atomic E-state index is 0.177. The zero-order valence-corrected chi connectivity index (χ0v) is 13.5. The summed E-state index contributed by atoms with van der Waals surface area (Å²) in [5, 5.41) is 10.1. The topological polar surface area (TPSA) is 60.9 Å². The lowest BCUT2D eigenvalue weighted by Crippen LogP contribution is -2.48. The summed E-state index contributed by atoms with van der Waals surface area (Å²) in [6.07, 6.45) is 0.109. The van der Waals surface area contributed by atoms with Crippen LogP contribution in [0.1, 0.15) is 24.5 Å². The number of likely N-dealkylation sites (tertiary alicyclic amines) is 1. The van der Waals surface area contributed by atoms with E-state index in [1.807, 2.05) is 0 Å². The van der Waals surface area contributed by atoms with Crippen LogP contribution >= 0.6 is 11.6 Å². The molecule has 2 heterocycles. The van der Waals surface area contributed by atoms with E-state index in [0.29, 0.717) is 23.6 Å². The SMILES string of the molecule is CC(=O)N1C[C@@H](O)C[C@@H]1C(=O)N1CCc2c(Cl)cc(F)cc2C1. The van der Waals surface area contributed by atoms with Gasteiger partial charge in [-0.2, -0.15) is 0 Å². The van der Waals surface area contributed by atoms with Crippen LogP contribution in [-0.2, 0) is 22.6 Å². The molecule has 7 heteroatoms. The number of carbonyl (C=O) groups is 2. The Morgan fingerprint density at radius 1 is 1.39 bits per heavy atom. The van der Waals surface area contributed by atoms with Crippen molar-refractivity contribution in [3.63, 3.8) is 0 Å². The second-order valence-electron chi connectivity index (χ2n) is 6.11. The van der Waals surface area contributed by atoms with Crippen LogP contribution in [0.2, 0.25) is 5.02 Å². The zero-order chi connectivity index (χ0) is 16.7. The summed E-state index contributed by atoms with van der Waals surface area (Å²) >= 11 is 6.06. The molecule has 0 aliphatic carbocycles.